The molecule has 1 nitrogen and oxygen atoms in total. The molecule has 18 heavy (non-hydrogen) atoms. The van der Waals surface area contributed by atoms with Crippen LogP contribution in [0.2, 0.25) is 0 Å². The zero-order valence-corrected chi connectivity index (χ0v) is 12.8. The van der Waals surface area contributed by atoms with E-state index in [1.165, 1.54) is 43.2 Å². The molecule has 1 aromatic carbocycles. The van der Waals surface area contributed by atoms with E-state index in [2.05, 4.69) is 41.9 Å². The Morgan fingerprint density at radius 2 is 1.94 bits per heavy atom. The highest BCUT2D eigenvalue weighted by Crippen LogP contribution is 2.41. The Bertz CT molecular complexity index is 445. The summed E-state index contributed by atoms with van der Waals surface area (Å²) in [6, 6.07) is 4.25. The number of hydrogen-bond acceptors (Lipinski definition) is 1. The van der Waals surface area contributed by atoms with Gasteiger partial charge < -0.3 is 0 Å². The molecule has 0 spiro atoms. The third-order valence-electron chi connectivity index (χ3n) is 4.34. The molecule has 0 atom stereocenters. The van der Waals surface area contributed by atoms with E-state index in [1.54, 1.807) is 0 Å². The van der Waals surface area contributed by atoms with Crippen molar-refractivity contribution in [1.82, 2.24) is 0 Å². The lowest BCUT2D eigenvalue weighted by atomic mass is 9.69. The molecule has 0 unspecified atom stereocenters. The standard InChI is InChI=1S/C16H21BrO/c1-3-12-10-15(17)13(11-18)9-14(12)16(2)7-5-4-6-8-16/h9-11H,3-8H2,1-2H3. The molecule has 1 saturated carbocycles. The molecule has 0 radical (unpaired) electrons. The van der Waals surface area contributed by atoms with E-state index in [0.29, 0.717) is 0 Å². The van der Waals surface area contributed by atoms with Crippen molar-refractivity contribution in [1.29, 1.82) is 0 Å². The summed E-state index contributed by atoms with van der Waals surface area (Å²) < 4.78 is 0.928. The van der Waals surface area contributed by atoms with Gasteiger partial charge in [0.25, 0.3) is 0 Å². The van der Waals surface area contributed by atoms with Crippen molar-refractivity contribution in [3.63, 3.8) is 0 Å². The molecule has 0 aromatic heterocycles. The Labute approximate surface area is 118 Å². The Kier molecular flexibility index (Phi) is 4.26. The molecule has 2 heteroatoms. The van der Waals surface area contributed by atoms with Gasteiger partial charge in [-0.3, -0.25) is 4.79 Å². The average Bonchev–Trinajstić information content (AvgIpc) is 2.39. The first-order valence-corrected chi connectivity index (χ1v) is 7.68. The van der Waals surface area contributed by atoms with Gasteiger partial charge in [0.1, 0.15) is 0 Å². The quantitative estimate of drug-likeness (QED) is 0.714. The van der Waals surface area contributed by atoms with Gasteiger partial charge in [-0.2, -0.15) is 0 Å². The van der Waals surface area contributed by atoms with Crippen LogP contribution in [0.15, 0.2) is 16.6 Å². The zero-order valence-electron chi connectivity index (χ0n) is 11.3. The summed E-state index contributed by atoms with van der Waals surface area (Å²) >= 11 is 3.49. The Morgan fingerprint density at radius 1 is 1.28 bits per heavy atom. The number of benzene rings is 1. The van der Waals surface area contributed by atoms with Crippen LogP contribution >= 0.6 is 15.9 Å². The lowest BCUT2D eigenvalue weighted by Crippen LogP contribution is -2.26. The van der Waals surface area contributed by atoms with Crippen molar-refractivity contribution in [2.75, 3.05) is 0 Å². The maximum atomic E-state index is 11.1. The minimum Gasteiger partial charge on any atom is -0.298 e. The first-order valence-electron chi connectivity index (χ1n) is 6.89. The molecule has 0 N–H and O–H groups in total. The molecule has 2 rings (SSSR count). The van der Waals surface area contributed by atoms with Gasteiger partial charge in [-0.25, -0.2) is 0 Å². The summed E-state index contributed by atoms with van der Waals surface area (Å²) in [5.41, 5.74) is 3.84. The predicted molar refractivity (Wildman–Crippen MR) is 79.3 cm³/mol. The van der Waals surface area contributed by atoms with Crippen LogP contribution in [0.5, 0.6) is 0 Å². The average molecular weight is 309 g/mol. The Morgan fingerprint density at radius 3 is 2.50 bits per heavy atom. The lowest BCUT2D eigenvalue weighted by Gasteiger charge is -2.36. The second kappa shape index (κ2) is 5.56. The van der Waals surface area contributed by atoms with Crippen molar-refractivity contribution < 1.29 is 4.79 Å². The molecule has 98 valence electrons. The highest BCUT2D eigenvalue weighted by molar-refractivity contribution is 9.10. The highest BCUT2D eigenvalue weighted by atomic mass is 79.9. The predicted octanol–water partition coefficient (Wildman–Crippen LogP) is 5.05. The van der Waals surface area contributed by atoms with Crippen molar-refractivity contribution in [3.8, 4) is 0 Å². The van der Waals surface area contributed by atoms with Gasteiger partial charge in [-0.15, -0.1) is 0 Å². The summed E-state index contributed by atoms with van der Waals surface area (Å²) in [7, 11) is 0. The number of carbonyl (C=O) groups excluding carboxylic acids is 1. The number of hydrogen-bond donors (Lipinski definition) is 0. The molecular formula is C16H21BrO. The van der Waals surface area contributed by atoms with E-state index < -0.39 is 0 Å². The molecule has 0 heterocycles. The van der Waals surface area contributed by atoms with Gasteiger partial charge in [0.15, 0.2) is 6.29 Å². The first kappa shape index (κ1) is 13.8. The van der Waals surface area contributed by atoms with Crippen molar-refractivity contribution in [2.24, 2.45) is 0 Å². The monoisotopic (exact) mass is 308 g/mol. The second-order valence-electron chi connectivity index (χ2n) is 5.62. The summed E-state index contributed by atoms with van der Waals surface area (Å²) in [6.07, 6.45) is 8.47. The van der Waals surface area contributed by atoms with Crippen molar-refractivity contribution in [3.05, 3.63) is 33.3 Å². The van der Waals surface area contributed by atoms with E-state index in [0.717, 1.165) is 22.7 Å². The molecule has 1 aliphatic rings. The molecule has 0 bridgehead atoms. The summed E-state index contributed by atoms with van der Waals surface area (Å²) in [6.45, 7) is 4.56. The summed E-state index contributed by atoms with van der Waals surface area (Å²) in [4.78, 5) is 11.1. The largest absolute Gasteiger partial charge is 0.298 e. The van der Waals surface area contributed by atoms with Crippen LogP contribution in [0.25, 0.3) is 0 Å². The maximum absolute atomic E-state index is 11.1. The molecular weight excluding hydrogens is 288 g/mol. The van der Waals surface area contributed by atoms with Crippen LogP contribution in [0.3, 0.4) is 0 Å². The minimum absolute atomic E-state index is 0.266. The highest BCUT2D eigenvalue weighted by Gasteiger charge is 2.31. The third kappa shape index (κ3) is 2.54. The van der Waals surface area contributed by atoms with Crippen molar-refractivity contribution in [2.45, 2.75) is 57.8 Å². The topological polar surface area (TPSA) is 17.1 Å². The lowest BCUT2D eigenvalue weighted by molar-refractivity contribution is 0.112. The van der Waals surface area contributed by atoms with Crippen LogP contribution in [-0.4, -0.2) is 6.29 Å². The fourth-order valence-corrected chi connectivity index (χ4v) is 3.66. The van der Waals surface area contributed by atoms with Gasteiger partial charge in [0, 0.05) is 10.0 Å². The van der Waals surface area contributed by atoms with Crippen LogP contribution < -0.4 is 0 Å². The number of aldehydes is 1. The van der Waals surface area contributed by atoms with Crippen LogP contribution in [0.4, 0.5) is 0 Å². The van der Waals surface area contributed by atoms with E-state index in [-0.39, 0.29) is 5.41 Å². The first-order chi connectivity index (χ1) is 8.60. The van der Waals surface area contributed by atoms with E-state index in [4.69, 9.17) is 0 Å². The van der Waals surface area contributed by atoms with Gasteiger partial charge >= 0.3 is 0 Å². The summed E-state index contributed by atoms with van der Waals surface area (Å²) in [5.74, 6) is 0. The third-order valence-corrected chi connectivity index (χ3v) is 5.02. The molecule has 1 aromatic rings. The second-order valence-corrected chi connectivity index (χ2v) is 6.48. The van der Waals surface area contributed by atoms with E-state index in [9.17, 15) is 4.79 Å². The van der Waals surface area contributed by atoms with Gasteiger partial charge in [-0.1, -0.05) is 49.0 Å². The number of aryl methyl sites for hydroxylation is 1. The summed E-state index contributed by atoms with van der Waals surface area (Å²) in [5, 5.41) is 0. The van der Waals surface area contributed by atoms with E-state index >= 15 is 0 Å². The SMILES string of the molecule is CCc1cc(Br)c(C=O)cc1C1(C)CCCCC1. The van der Waals surface area contributed by atoms with Crippen LogP contribution in [0.1, 0.15) is 67.4 Å². The van der Waals surface area contributed by atoms with E-state index in [1.807, 2.05) is 0 Å². The maximum Gasteiger partial charge on any atom is 0.151 e. The molecule has 1 fully saturated rings. The van der Waals surface area contributed by atoms with Gasteiger partial charge in [0.2, 0.25) is 0 Å². The fraction of sp³-hybridized carbons (Fsp3) is 0.562. The Hall–Kier alpha value is -0.630. The van der Waals surface area contributed by atoms with Gasteiger partial charge in [-0.05, 0) is 47.9 Å². The molecule has 1 aliphatic carbocycles. The zero-order chi connectivity index (χ0) is 13.2. The molecule has 0 amide bonds. The number of carbonyl (C=O) groups is 1. The Balaban J connectivity index is 2.50. The normalized spacial score (nSPS) is 18.6. The number of rotatable bonds is 3. The number of halogens is 1. The minimum atomic E-state index is 0.266. The fourth-order valence-electron chi connectivity index (χ4n) is 3.18. The smallest absolute Gasteiger partial charge is 0.151 e. The molecule has 0 saturated heterocycles. The van der Waals surface area contributed by atoms with Crippen LogP contribution in [-0.2, 0) is 11.8 Å². The van der Waals surface area contributed by atoms with Crippen molar-refractivity contribution >= 4 is 22.2 Å². The van der Waals surface area contributed by atoms with Gasteiger partial charge in [0.05, 0.1) is 0 Å². The van der Waals surface area contributed by atoms with Crippen LogP contribution in [0, 0.1) is 0 Å². The molecule has 0 aliphatic heterocycles.